The topological polar surface area (TPSA) is 43.8 Å². The van der Waals surface area contributed by atoms with E-state index >= 15 is 0 Å². The van der Waals surface area contributed by atoms with Crippen LogP contribution in [0.25, 0.3) is 0 Å². The van der Waals surface area contributed by atoms with Crippen molar-refractivity contribution in [1.29, 1.82) is 0 Å². The summed E-state index contributed by atoms with van der Waals surface area (Å²) in [4.78, 5) is 4.21. The van der Waals surface area contributed by atoms with Gasteiger partial charge in [-0.3, -0.25) is 0 Å². The zero-order valence-corrected chi connectivity index (χ0v) is 8.46. The molecule has 1 aliphatic rings. The minimum absolute atomic E-state index is 0.548. The number of nitrogens with two attached hydrogens (primary N) is 1. The summed E-state index contributed by atoms with van der Waals surface area (Å²) >= 11 is 2.06. The highest BCUT2D eigenvalue weighted by molar-refractivity contribution is 7.99. The fourth-order valence-corrected chi connectivity index (χ4v) is 2.91. The van der Waals surface area contributed by atoms with Crippen LogP contribution >= 0.6 is 11.8 Å². The van der Waals surface area contributed by atoms with Crippen LogP contribution in [0.4, 0.5) is 0 Å². The Morgan fingerprint density at radius 2 is 2.62 bits per heavy atom. The molecule has 1 unspecified atom stereocenters. The van der Waals surface area contributed by atoms with Gasteiger partial charge in [0.15, 0.2) is 0 Å². The Balaban J connectivity index is 1.92. The van der Waals surface area contributed by atoms with Gasteiger partial charge < -0.3 is 10.3 Å². The number of rotatable bonds is 3. The minimum atomic E-state index is 0.548. The first kappa shape index (κ1) is 9.09. The molecule has 13 heavy (non-hydrogen) atoms. The minimum Gasteiger partial charge on any atom is -0.337 e. The van der Waals surface area contributed by atoms with Gasteiger partial charge in [0, 0.05) is 19.3 Å². The van der Waals surface area contributed by atoms with Crippen LogP contribution in [-0.2, 0) is 13.1 Å². The van der Waals surface area contributed by atoms with Crippen molar-refractivity contribution in [1.82, 2.24) is 9.55 Å². The second kappa shape index (κ2) is 4.15. The maximum atomic E-state index is 5.49. The van der Waals surface area contributed by atoms with Crippen molar-refractivity contribution in [2.24, 2.45) is 11.7 Å². The standard InChI is InChI=1S/C9H15N3S/c10-3-9-5-12(7-11-9)4-8-1-2-13-6-8/h5,7-8H,1-4,6,10H2. The number of aromatic nitrogens is 2. The molecule has 0 saturated carbocycles. The molecule has 1 saturated heterocycles. The van der Waals surface area contributed by atoms with Gasteiger partial charge in [-0.2, -0.15) is 11.8 Å². The van der Waals surface area contributed by atoms with Crippen LogP contribution in [0.2, 0.25) is 0 Å². The number of hydrogen-bond donors (Lipinski definition) is 1. The quantitative estimate of drug-likeness (QED) is 0.789. The molecule has 0 spiro atoms. The lowest BCUT2D eigenvalue weighted by Gasteiger charge is -2.07. The van der Waals surface area contributed by atoms with Gasteiger partial charge in [0.25, 0.3) is 0 Å². The predicted molar refractivity (Wildman–Crippen MR) is 55.6 cm³/mol. The molecule has 0 bridgehead atoms. The van der Waals surface area contributed by atoms with Crippen molar-refractivity contribution in [3.05, 3.63) is 18.2 Å². The van der Waals surface area contributed by atoms with E-state index in [1.165, 1.54) is 17.9 Å². The number of imidazole rings is 1. The molecule has 3 nitrogen and oxygen atoms in total. The van der Waals surface area contributed by atoms with E-state index in [2.05, 4.69) is 27.5 Å². The molecule has 2 N–H and O–H groups in total. The maximum Gasteiger partial charge on any atom is 0.0950 e. The van der Waals surface area contributed by atoms with E-state index in [1.54, 1.807) is 0 Å². The summed E-state index contributed by atoms with van der Waals surface area (Å²) in [5.41, 5.74) is 6.48. The van der Waals surface area contributed by atoms with Gasteiger partial charge in [-0.15, -0.1) is 0 Å². The Morgan fingerprint density at radius 1 is 1.69 bits per heavy atom. The first-order chi connectivity index (χ1) is 6.38. The van der Waals surface area contributed by atoms with Crippen LogP contribution in [0.5, 0.6) is 0 Å². The smallest absolute Gasteiger partial charge is 0.0950 e. The molecule has 2 heterocycles. The van der Waals surface area contributed by atoms with Crippen molar-refractivity contribution in [3.8, 4) is 0 Å². The van der Waals surface area contributed by atoms with Gasteiger partial charge in [0.2, 0.25) is 0 Å². The van der Waals surface area contributed by atoms with Crippen LogP contribution in [0.1, 0.15) is 12.1 Å². The zero-order valence-electron chi connectivity index (χ0n) is 7.65. The summed E-state index contributed by atoms with van der Waals surface area (Å²) in [6.45, 7) is 1.66. The van der Waals surface area contributed by atoms with Crippen LogP contribution in [0.3, 0.4) is 0 Å². The summed E-state index contributed by atoms with van der Waals surface area (Å²) in [7, 11) is 0. The van der Waals surface area contributed by atoms with Crippen molar-refractivity contribution in [2.45, 2.75) is 19.5 Å². The Hall–Kier alpha value is -0.480. The summed E-state index contributed by atoms with van der Waals surface area (Å²) in [6.07, 6.45) is 5.30. The molecule has 0 radical (unpaired) electrons. The van der Waals surface area contributed by atoms with Gasteiger partial charge in [-0.25, -0.2) is 4.98 Å². The summed E-state index contributed by atoms with van der Waals surface area (Å²) < 4.78 is 2.17. The molecule has 1 aliphatic heterocycles. The van der Waals surface area contributed by atoms with Crippen molar-refractivity contribution in [3.63, 3.8) is 0 Å². The zero-order chi connectivity index (χ0) is 9.10. The predicted octanol–water partition coefficient (Wildman–Crippen LogP) is 1.09. The molecule has 1 aromatic rings. The molecule has 4 heteroatoms. The molecule has 1 aromatic heterocycles. The Morgan fingerprint density at radius 3 is 3.23 bits per heavy atom. The Kier molecular flexibility index (Phi) is 2.90. The fourth-order valence-electron chi connectivity index (χ4n) is 1.64. The van der Waals surface area contributed by atoms with E-state index in [0.29, 0.717) is 6.54 Å². The lowest BCUT2D eigenvalue weighted by Crippen LogP contribution is -2.08. The Bertz CT molecular complexity index is 266. The number of hydrogen-bond acceptors (Lipinski definition) is 3. The first-order valence-electron chi connectivity index (χ1n) is 4.67. The summed E-state index contributed by atoms with van der Waals surface area (Å²) in [5.74, 6) is 3.46. The van der Waals surface area contributed by atoms with E-state index in [9.17, 15) is 0 Å². The molecule has 2 rings (SSSR count). The number of nitrogens with zero attached hydrogens (tertiary/aromatic N) is 2. The van der Waals surface area contributed by atoms with Crippen molar-refractivity contribution < 1.29 is 0 Å². The van der Waals surface area contributed by atoms with E-state index in [4.69, 9.17) is 5.73 Å². The fraction of sp³-hybridized carbons (Fsp3) is 0.667. The highest BCUT2D eigenvalue weighted by Gasteiger charge is 2.15. The highest BCUT2D eigenvalue weighted by Crippen LogP contribution is 2.24. The van der Waals surface area contributed by atoms with E-state index in [1.807, 2.05) is 6.33 Å². The second-order valence-electron chi connectivity index (χ2n) is 3.50. The monoisotopic (exact) mass is 197 g/mol. The van der Waals surface area contributed by atoms with Crippen LogP contribution in [0.15, 0.2) is 12.5 Å². The Labute approximate surface area is 82.7 Å². The lowest BCUT2D eigenvalue weighted by molar-refractivity contribution is 0.492. The summed E-state index contributed by atoms with van der Waals surface area (Å²) in [5, 5.41) is 0. The number of thioether (sulfide) groups is 1. The summed E-state index contributed by atoms with van der Waals surface area (Å²) in [6, 6.07) is 0. The third-order valence-corrected chi connectivity index (χ3v) is 3.62. The first-order valence-corrected chi connectivity index (χ1v) is 5.82. The molecule has 1 fully saturated rings. The maximum absolute atomic E-state index is 5.49. The molecular formula is C9H15N3S. The third kappa shape index (κ3) is 2.25. The van der Waals surface area contributed by atoms with Gasteiger partial charge in [-0.05, 0) is 23.8 Å². The van der Waals surface area contributed by atoms with Crippen molar-refractivity contribution >= 4 is 11.8 Å². The van der Waals surface area contributed by atoms with E-state index < -0.39 is 0 Å². The second-order valence-corrected chi connectivity index (χ2v) is 4.65. The highest BCUT2D eigenvalue weighted by atomic mass is 32.2. The van der Waals surface area contributed by atoms with Crippen LogP contribution in [-0.4, -0.2) is 21.1 Å². The molecule has 0 amide bonds. The van der Waals surface area contributed by atoms with Crippen LogP contribution in [0, 0.1) is 5.92 Å². The molecule has 72 valence electrons. The average Bonchev–Trinajstić information content (AvgIpc) is 2.76. The lowest BCUT2D eigenvalue weighted by atomic mass is 10.1. The molecule has 0 aromatic carbocycles. The molecular weight excluding hydrogens is 182 g/mol. The van der Waals surface area contributed by atoms with Gasteiger partial charge >= 0.3 is 0 Å². The van der Waals surface area contributed by atoms with E-state index in [0.717, 1.165) is 18.2 Å². The van der Waals surface area contributed by atoms with Gasteiger partial charge in [0.05, 0.1) is 12.0 Å². The largest absolute Gasteiger partial charge is 0.337 e. The van der Waals surface area contributed by atoms with Gasteiger partial charge in [-0.1, -0.05) is 0 Å². The normalized spacial score (nSPS) is 22.4. The molecule has 1 atom stereocenters. The third-order valence-electron chi connectivity index (χ3n) is 2.39. The van der Waals surface area contributed by atoms with Crippen molar-refractivity contribution in [2.75, 3.05) is 11.5 Å². The average molecular weight is 197 g/mol. The van der Waals surface area contributed by atoms with E-state index in [-0.39, 0.29) is 0 Å². The van der Waals surface area contributed by atoms with Gasteiger partial charge in [0.1, 0.15) is 0 Å². The van der Waals surface area contributed by atoms with Crippen LogP contribution < -0.4 is 5.73 Å². The molecule has 0 aliphatic carbocycles. The SMILES string of the molecule is NCc1cn(CC2CCSC2)cn1.